The molecule has 0 spiro atoms. The maximum atomic E-state index is 12.0. The highest BCUT2D eigenvalue weighted by atomic mass is 16.5. The zero-order chi connectivity index (χ0) is 12.6. The average Bonchev–Trinajstić information content (AvgIpc) is 2.27. The first kappa shape index (κ1) is 11.7. The van der Waals surface area contributed by atoms with Crippen molar-refractivity contribution in [1.29, 1.82) is 5.26 Å². The van der Waals surface area contributed by atoms with Crippen molar-refractivity contribution in [2.45, 2.75) is 33.1 Å². The number of nitriles is 1. The number of rotatable bonds is 1. The summed E-state index contributed by atoms with van der Waals surface area (Å²) in [5.74, 6) is 0.914. The third-order valence-corrected chi connectivity index (χ3v) is 3.32. The Morgan fingerprint density at radius 3 is 2.76 bits per heavy atom. The number of Topliss-reactive ketones (excluding diaryl/α,β-unsaturated/α-hetero) is 1. The Hall–Kier alpha value is -1.76. The van der Waals surface area contributed by atoms with Crippen LogP contribution in [-0.2, 0) is 9.53 Å². The lowest BCUT2D eigenvalue weighted by Gasteiger charge is -2.32. The standard InChI is InChI=1S/C13H16N2O2/c1-7(2)11-8(6-14)13(15)17-10-5-3-4-9(16)12(10)11/h7,11H,3-5,15H2,1-2H3/t11-/m0/s1. The van der Waals surface area contributed by atoms with Crippen molar-refractivity contribution in [2.75, 3.05) is 0 Å². The minimum absolute atomic E-state index is 0.102. The SMILES string of the molecule is CC(C)[C@H]1C(C#N)=C(N)OC2=C1C(=O)CCC2. The summed E-state index contributed by atoms with van der Waals surface area (Å²) >= 11 is 0. The van der Waals surface area contributed by atoms with Crippen LogP contribution in [0.25, 0.3) is 0 Å². The van der Waals surface area contributed by atoms with Crippen LogP contribution in [0.3, 0.4) is 0 Å². The fraction of sp³-hybridized carbons (Fsp3) is 0.538. The second-order valence-electron chi connectivity index (χ2n) is 4.83. The Labute approximate surface area is 101 Å². The highest BCUT2D eigenvalue weighted by molar-refractivity contribution is 5.98. The molecule has 1 aliphatic carbocycles. The van der Waals surface area contributed by atoms with Gasteiger partial charge in [0.15, 0.2) is 5.78 Å². The predicted molar refractivity (Wildman–Crippen MR) is 62.1 cm³/mol. The number of hydrogen-bond acceptors (Lipinski definition) is 4. The van der Waals surface area contributed by atoms with E-state index in [1.165, 1.54) is 0 Å². The van der Waals surface area contributed by atoms with E-state index in [0.29, 0.717) is 23.3 Å². The number of carbonyl (C=O) groups is 1. The predicted octanol–water partition coefficient (Wildman–Crippen LogP) is 1.99. The van der Waals surface area contributed by atoms with Crippen LogP contribution in [0.5, 0.6) is 0 Å². The number of allylic oxidation sites excluding steroid dienone is 3. The molecule has 4 heteroatoms. The largest absolute Gasteiger partial charge is 0.444 e. The highest BCUT2D eigenvalue weighted by Gasteiger charge is 2.38. The average molecular weight is 232 g/mol. The Balaban J connectivity index is 2.52. The van der Waals surface area contributed by atoms with Crippen LogP contribution in [0, 0.1) is 23.2 Å². The number of ether oxygens (including phenoxy) is 1. The molecular weight excluding hydrogens is 216 g/mol. The van der Waals surface area contributed by atoms with Gasteiger partial charge in [-0.3, -0.25) is 4.79 Å². The van der Waals surface area contributed by atoms with Crippen molar-refractivity contribution in [3.05, 3.63) is 22.8 Å². The van der Waals surface area contributed by atoms with E-state index in [1.54, 1.807) is 0 Å². The molecule has 2 N–H and O–H groups in total. The molecule has 4 nitrogen and oxygen atoms in total. The maximum Gasteiger partial charge on any atom is 0.204 e. The van der Waals surface area contributed by atoms with E-state index >= 15 is 0 Å². The van der Waals surface area contributed by atoms with E-state index in [9.17, 15) is 4.79 Å². The molecular formula is C13H16N2O2. The van der Waals surface area contributed by atoms with Gasteiger partial charge in [-0.05, 0) is 12.3 Å². The molecule has 90 valence electrons. The number of nitrogens with zero attached hydrogens (tertiary/aromatic N) is 1. The molecule has 1 aliphatic heterocycles. The molecule has 0 amide bonds. The van der Waals surface area contributed by atoms with Gasteiger partial charge in [0.05, 0.1) is 5.57 Å². The van der Waals surface area contributed by atoms with Crippen molar-refractivity contribution >= 4 is 5.78 Å². The van der Waals surface area contributed by atoms with E-state index in [0.717, 1.165) is 12.8 Å². The van der Waals surface area contributed by atoms with Crippen molar-refractivity contribution in [3.8, 4) is 6.07 Å². The van der Waals surface area contributed by atoms with Gasteiger partial charge in [0.1, 0.15) is 11.8 Å². The number of hydrogen-bond donors (Lipinski definition) is 1. The van der Waals surface area contributed by atoms with Gasteiger partial charge in [-0.2, -0.15) is 5.26 Å². The summed E-state index contributed by atoms with van der Waals surface area (Å²) < 4.78 is 5.44. The van der Waals surface area contributed by atoms with Gasteiger partial charge in [0.25, 0.3) is 0 Å². The summed E-state index contributed by atoms with van der Waals surface area (Å²) in [5, 5.41) is 9.16. The lowest BCUT2D eigenvalue weighted by Crippen LogP contribution is -2.31. The normalized spacial score (nSPS) is 24.6. The summed E-state index contributed by atoms with van der Waals surface area (Å²) in [6.07, 6.45) is 2.09. The molecule has 1 heterocycles. The molecule has 0 aromatic carbocycles. The molecule has 2 aliphatic rings. The quantitative estimate of drug-likeness (QED) is 0.750. The molecule has 0 aromatic heterocycles. The van der Waals surface area contributed by atoms with Crippen LogP contribution in [0.15, 0.2) is 22.8 Å². The second-order valence-corrected chi connectivity index (χ2v) is 4.83. The second kappa shape index (κ2) is 4.25. The summed E-state index contributed by atoms with van der Waals surface area (Å²) in [7, 11) is 0. The summed E-state index contributed by atoms with van der Waals surface area (Å²) in [6, 6.07) is 2.08. The van der Waals surface area contributed by atoms with E-state index in [1.807, 2.05) is 13.8 Å². The van der Waals surface area contributed by atoms with Crippen molar-refractivity contribution < 1.29 is 9.53 Å². The maximum absolute atomic E-state index is 12.0. The first-order chi connectivity index (χ1) is 8.06. The minimum Gasteiger partial charge on any atom is -0.444 e. The van der Waals surface area contributed by atoms with Gasteiger partial charge in [-0.25, -0.2) is 0 Å². The van der Waals surface area contributed by atoms with Crippen LogP contribution in [0.4, 0.5) is 0 Å². The third-order valence-electron chi connectivity index (χ3n) is 3.32. The van der Waals surface area contributed by atoms with E-state index in [4.69, 9.17) is 15.7 Å². The van der Waals surface area contributed by atoms with E-state index in [2.05, 4.69) is 6.07 Å². The lowest BCUT2D eigenvalue weighted by molar-refractivity contribution is -0.117. The molecule has 0 radical (unpaired) electrons. The Morgan fingerprint density at radius 1 is 1.47 bits per heavy atom. The van der Waals surface area contributed by atoms with Crippen molar-refractivity contribution in [3.63, 3.8) is 0 Å². The van der Waals surface area contributed by atoms with Gasteiger partial charge in [-0.1, -0.05) is 13.8 Å². The Kier molecular flexibility index (Phi) is 2.93. The summed E-state index contributed by atoms with van der Waals surface area (Å²) in [6.45, 7) is 3.99. The smallest absolute Gasteiger partial charge is 0.204 e. The van der Waals surface area contributed by atoms with Crippen LogP contribution < -0.4 is 5.73 Å². The summed E-state index contributed by atoms with van der Waals surface area (Å²) in [5.41, 5.74) is 6.83. The topological polar surface area (TPSA) is 76.1 Å². The van der Waals surface area contributed by atoms with Crippen LogP contribution in [0.1, 0.15) is 33.1 Å². The van der Waals surface area contributed by atoms with E-state index < -0.39 is 0 Å². The number of ketones is 1. The number of nitrogens with two attached hydrogens (primary N) is 1. The molecule has 1 atom stereocenters. The molecule has 0 fully saturated rings. The van der Waals surface area contributed by atoms with Gasteiger partial charge < -0.3 is 10.5 Å². The zero-order valence-electron chi connectivity index (χ0n) is 10.1. The summed E-state index contributed by atoms with van der Waals surface area (Å²) in [4.78, 5) is 12.0. The zero-order valence-corrected chi connectivity index (χ0v) is 10.1. The molecule has 0 aromatic rings. The number of carbonyl (C=O) groups excluding carboxylic acids is 1. The lowest BCUT2D eigenvalue weighted by atomic mass is 9.76. The fourth-order valence-corrected chi connectivity index (χ4v) is 2.56. The van der Waals surface area contributed by atoms with Crippen molar-refractivity contribution in [1.82, 2.24) is 0 Å². The van der Waals surface area contributed by atoms with E-state index in [-0.39, 0.29) is 23.5 Å². The van der Waals surface area contributed by atoms with Crippen LogP contribution in [-0.4, -0.2) is 5.78 Å². The Morgan fingerprint density at radius 2 is 2.18 bits per heavy atom. The highest BCUT2D eigenvalue weighted by Crippen LogP contribution is 2.40. The molecule has 2 rings (SSSR count). The van der Waals surface area contributed by atoms with Gasteiger partial charge in [0, 0.05) is 24.3 Å². The monoisotopic (exact) mass is 232 g/mol. The molecule has 0 saturated carbocycles. The minimum atomic E-state index is -0.198. The molecule has 0 saturated heterocycles. The first-order valence-corrected chi connectivity index (χ1v) is 5.90. The van der Waals surface area contributed by atoms with Gasteiger partial charge >= 0.3 is 0 Å². The molecule has 17 heavy (non-hydrogen) atoms. The third kappa shape index (κ3) is 1.82. The Bertz CT molecular complexity index is 466. The molecule has 0 unspecified atom stereocenters. The molecule has 0 bridgehead atoms. The first-order valence-electron chi connectivity index (χ1n) is 5.90. The van der Waals surface area contributed by atoms with Crippen molar-refractivity contribution in [2.24, 2.45) is 17.6 Å². The van der Waals surface area contributed by atoms with Crippen LogP contribution >= 0.6 is 0 Å². The van der Waals surface area contributed by atoms with Gasteiger partial charge in [0.2, 0.25) is 5.88 Å². The fourth-order valence-electron chi connectivity index (χ4n) is 2.56. The van der Waals surface area contributed by atoms with Crippen LogP contribution in [0.2, 0.25) is 0 Å². The van der Waals surface area contributed by atoms with Gasteiger partial charge in [-0.15, -0.1) is 0 Å².